The number of fused-ring (bicyclic) bond motifs is 2. The van der Waals surface area contributed by atoms with Crippen molar-refractivity contribution in [3.05, 3.63) is 105 Å². The number of carbonyl (C=O) groups excluding carboxylic acids is 1. The second-order valence-electron chi connectivity index (χ2n) is 11.8. The summed E-state index contributed by atoms with van der Waals surface area (Å²) in [5.41, 5.74) is 7.65. The Hall–Kier alpha value is -4.00. The average Bonchev–Trinajstić information content (AvgIpc) is 3.61. The number of aryl methyl sites for hydroxylation is 2. The van der Waals surface area contributed by atoms with E-state index in [0.29, 0.717) is 26.5 Å². The molecule has 0 N–H and O–H groups in total. The van der Waals surface area contributed by atoms with Crippen molar-refractivity contribution < 1.29 is 9.53 Å². The molecule has 1 aliphatic carbocycles. The maximum Gasteiger partial charge on any atom is 0.338 e. The Bertz CT molecular complexity index is 2050. The van der Waals surface area contributed by atoms with E-state index in [0.717, 1.165) is 58.8 Å². The predicted molar refractivity (Wildman–Crippen MR) is 175 cm³/mol. The van der Waals surface area contributed by atoms with E-state index in [2.05, 4.69) is 42.7 Å². The van der Waals surface area contributed by atoms with E-state index in [1.807, 2.05) is 32.1 Å². The molecule has 0 amide bonds. The fourth-order valence-corrected chi connectivity index (χ4v) is 8.87. The number of nitriles is 1. The Kier molecular flexibility index (Phi) is 8.08. The van der Waals surface area contributed by atoms with Gasteiger partial charge in [-0.05, 0) is 93.7 Å². The van der Waals surface area contributed by atoms with Crippen molar-refractivity contribution in [1.82, 2.24) is 9.13 Å². The van der Waals surface area contributed by atoms with Crippen molar-refractivity contribution in [2.45, 2.75) is 79.2 Å². The van der Waals surface area contributed by atoms with Crippen LogP contribution in [0.2, 0.25) is 0 Å². The first-order valence-electron chi connectivity index (χ1n) is 15.2. The summed E-state index contributed by atoms with van der Waals surface area (Å²) in [7, 11) is 0. The number of ether oxygens (including phenoxy) is 1. The average molecular weight is 625 g/mol. The van der Waals surface area contributed by atoms with Gasteiger partial charge in [-0.3, -0.25) is 9.36 Å². The van der Waals surface area contributed by atoms with Gasteiger partial charge in [-0.2, -0.15) is 5.26 Å². The summed E-state index contributed by atoms with van der Waals surface area (Å²) < 4.78 is 9.78. The molecule has 6 rings (SSSR count). The lowest BCUT2D eigenvalue weighted by Crippen LogP contribution is -2.39. The minimum absolute atomic E-state index is 0.199. The van der Waals surface area contributed by atoms with Gasteiger partial charge in [-0.1, -0.05) is 49.4 Å². The molecule has 3 aromatic heterocycles. The van der Waals surface area contributed by atoms with Gasteiger partial charge in [0.1, 0.15) is 11.1 Å². The van der Waals surface area contributed by atoms with Crippen LogP contribution in [-0.2, 0) is 22.4 Å². The van der Waals surface area contributed by atoms with Gasteiger partial charge in [0.25, 0.3) is 5.56 Å². The third kappa shape index (κ3) is 5.00. The summed E-state index contributed by atoms with van der Waals surface area (Å²) in [6.45, 7) is 12.2. The van der Waals surface area contributed by atoms with Gasteiger partial charge in [0.05, 0.1) is 34.0 Å². The summed E-state index contributed by atoms with van der Waals surface area (Å²) >= 11 is 3.05. The van der Waals surface area contributed by atoms with E-state index in [-0.39, 0.29) is 12.2 Å². The molecule has 226 valence electrons. The van der Waals surface area contributed by atoms with Crippen LogP contribution in [0, 0.1) is 25.2 Å². The molecule has 7 nitrogen and oxygen atoms in total. The smallest absolute Gasteiger partial charge is 0.338 e. The van der Waals surface area contributed by atoms with E-state index < -0.39 is 12.0 Å². The number of aromatic nitrogens is 2. The van der Waals surface area contributed by atoms with Crippen LogP contribution in [0.1, 0.15) is 96.6 Å². The molecule has 0 saturated carbocycles. The molecular weight excluding hydrogens is 589 g/mol. The second kappa shape index (κ2) is 11.8. The SMILES string of the molecule is CCOC(=O)C1=C(C)N=c2s/c(=C/c3cc(C)n(-c4sc5c(c4C#N)CCCC5)c3C)c(=O)n2[C@H]1c1ccc(C(C)C)cc1. The Morgan fingerprint density at radius 1 is 1.16 bits per heavy atom. The van der Waals surface area contributed by atoms with Crippen molar-refractivity contribution >= 4 is 34.7 Å². The largest absolute Gasteiger partial charge is 0.463 e. The van der Waals surface area contributed by atoms with Crippen molar-refractivity contribution in [1.29, 1.82) is 5.26 Å². The number of nitrogens with zero attached hydrogens (tertiary/aromatic N) is 4. The zero-order chi connectivity index (χ0) is 31.3. The van der Waals surface area contributed by atoms with Crippen LogP contribution >= 0.6 is 22.7 Å². The third-order valence-electron chi connectivity index (χ3n) is 8.66. The summed E-state index contributed by atoms with van der Waals surface area (Å²) in [4.78, 5) is 34.0. The van der Waals surface area contributed by atoms with Gasteiger partial charge >= 0.3 is 5.97 Å². The lowest BCUT2D eigenvalue weighted by Gasteiger charge is -2.25. The van der Waals surface area contributed by atoms with E-state index in [1.54, 1.807) is 29.8 Å². The molecule has 0 bridgehead atoms. The number of rotatable bonds is 6. The van der Waals surface area contributed by atoms with Crippen molar-refractivity contribution in [3.8, 4) is 11.1 Å². The van der Waals surface area contributed by atoms with Gasteiger partial charge in [0, 0.05) is 16.3 Å². The van der Waals surface area contributed by atoms with Crippen LogP contribution in [0.4, 0.5) is 0 Å². The van der Waals surface area contributed by atoms with Gasteiger partial charge < -0.3 is 9.30 Å². The molecule has 4 heterocycles. The number of thiazole rings is 1. The number of carbonyl (C=O) groups is 1. The summed E-state index contributed by atoms with van der Waals surface area (Å²) in [6, 6.07) is 12.0. The van der Waals surface area contributed by atoms with Gasteiger partial charge in [0.15, 0.2) is 4.80 Å². The van der Waals surface area contributed by atoms with Crippen LogP contribution in [0.15, 0.2) is 51.4 Å². The second-order valence-corrected chi connectivity index (χ2v) is 13.9. The lowest BCUT2D eigenvalue weighted by molar-refractivity contribution is -0.139. The monoisotopic (exact) mass is 624 g/mol. The summed E-state index contributed by atoms with van der Waals surface area (Å²) in [6.07, 6.45) is 6.18. The van der Waals surface area contributed by atoms with Crippen molar-refractivity contribution in [3.63, 3.8) is 0 Å². The lowest BCUT2D eigenvalue weighted by atomic mass is 9.93. The van der Waals surface area contributed by atoms with Crippen LogP contribution in [-0.4, -0.2) is 21.7 Å². The van der Waals surface area contributed by atoms with Gasteiger partial charge in [0.2, 0.25) is 0 Å². The van der Waals surface area contributed by atoms with Crippen LogP contribution < -0.4 is 14.9 Å². The highest BCUT2D eigenvalue weighted by Crippen LogP contribution is 2.38. The normalized spacial score (nSPS) is 16.5. The molecule has 9 heteroatoms. The molecule has 0 spiro atoms. The fraction of sp³-hybridized carbons (Fsp3) is 0.371. The van der Waals surface area contributed by atoms with E-state index in [4.69, 9.17) is 9.73 Å². The highest BCUT2D eigenvalue weighted by atomic mass is 32.1. The number of allylic oxidation sites excluding steroid dienone is 1. The number of hydrogen-bond acceptors (Lipinski definition) is 7. The van der Waals surface area contributed by atoms with Crippen molar-refractivity contribution in [2.24, 2.45) is 4.99 Å². The molecule has 4 aromatic rings. The first-order chi connectivity index (χ1) is 21.1. The molecule has 0 saturated heterocycles. The van der Waals surface area contributed by atoms with Gasteiger partial charge in [-0.15, -0.1) is 11.3 Å². The Morgan fingerprint density at radius 2 is 1.89 bits per heavy atom. The first-order valence-corrected chi connectivity index (χ1v) is 16.8. The fourth-order valence-electron chi connectivity index (χ4n) is 6.38. The highest BCUT2D eigenvalue weighted by molar-refractivity contribution is 7.15. The topological polar surface area (TPSA) is 89.4 Å². The maximum absolute atomic E-state index is 14.2. The van der Waals surface area contributed by atoms with Crippen LogP contribution in [0.25, 0.3) is 11.1 Å². The maximum atomic E-state index is 14.2. The number of hydrogen-bond donors (Lipinski definition) is 0. The van der Waals surface area contributed by atoms with Crippen molar-refractivity contribution in [2.75, 3.05) is 6.61 Å². The van der Waals surface area contributed by atoms with Crippen LogP contribution in [0.3, 0.4) is 0 Å². The van der Waals surface area contributed by atoms with Crippen LogP contribution in [0.5, 0.6) is 0 Å². The molecule has 44 heavy (non-hydrogen) atoms. The number of esters is 1. The minimum Gasteiger partial charge on any atom is -0.463 e. The molecule has 2 aliphatic rings. The zero-order valence-corrected chi connectivity index (χ0v) is 27.6. The van der Waals surface area contributed by atoms with Gasteiger partial charge in [-0.25, -0.2) is 9.79 Å². The molecule has 1 atom stereocenters. The van der Waals surface area contributed by atoms with E-state index >= 15 is 0 Å². The zero-order valence-electron chi connectivity index (χ0n) is 26.0. The quantitative estimate of drug-likeness (QED) is 0.241. The third-order valence-corrected chi connectivity index (χ3v) is 10.9. The minimum atomic E-state index is -0.642. The molecule has 1 aliphatic heterocycles. The Labute approximate surface area is 265 Å². The highest BCUT2D eigenvalue weighted by Gasteiger charge is 2.33. The predicted octanol–water partition coefficient (Wildman–Crippen LogP) is 6.14. The molecule has 1 aromatic carbocycles. The molecule has 0 fully saturated rings. The Balaban J connectivity index is 1.50. The first kappa shape index (κ1) is 30.0. The standard InChI is InChI=1S/C35H36N4O3S2/c1-7-42-34(41)30-21(5)37-35-39(31(30)24-14-12-23(13-15-24)19(2)3)32(40)29(44-35)17-25-16-20(4)38(22(25)6)33-27(18-36)26-10-8-9-11-28(26)43-33/h12-17,19,31H,7-11H2,1-6H3/b29-17+/t31-/m0/s1. The summed E-state index contributed by atoms with van der Waals surface area (Å²) in [5, 5.41) is 11.1. The van der Waals surface area contributed by atoms with E-state index in [9.17, 15) is 14.9 Å². The molecule has 0 radical (unpaired) electrons. The number of benzene rings is 1. The van der Waals surface area contributed by atoms with E-state index in [1.165, 1.54) is 27.3 Å². The molecular formula is C35H36N4O3S2. The Morgan fingerprint density at radius 3 is 2.57 bits per heavy atom. The number of thiophene rings is 1. The summed E-state index contributed by atoms with van der Waals surface area (Å²) in [5.74, 6) is -0.104. The molecule has 0 unspecified atom stereocenters.